The van der Waals surface area contributed by atoms with Gasteiger partial charge in [0.1, 0.15) is 11.6 Å². The number of hydrogen-bond acceptors (Lipinski definition) is 9. The van der Waals surface area contributed by atoms with Crippen LogP contribution in [0.4, 0.5) is 4.79 Å². The van der Waals surface area contributed by atoms with Gasteiger partial charge >= 0.3 is 6.09 Å². The molecule has 2 aromatic rings. The predicted octanol–water partition coefficient (Wildman–Crippen LogP) is 2.78. The van der Waals surface area contributed by atoms with Crippen molar-refractivity contribution in [3.63, 3.8) is 0 Å². The van der Waals surface area contributed by atoms with Crippen LogP contribution < -0.4 is 10.6 Å². The van der Waals surface area contributed by atoms with E-state index >= 15 is 0 Å². The Balaban J connectivity index is 1.97. The van der Waals surface area contributed by atoms with Crippen molar-refractivity contribution in [1.82, 2.24) is 20.5 Å². The smallest absolute Gasteiger partial charge is 0.408 e. The standard InChI is InChI=1S/C27H38N4O6S/c1-15(2)22(30-26(36)37-27(4,5)6)25(35)31(24(34)20-11-19(33)12-28-20)21(13-32)17-7-9-18(10-8-17)23-16(3)29-14-38-23/h7-10,14-15,19-22,28,32-33H,11-13H2,1-6H3,(H,30,36)/t19-,20+,21+,22+/m1/s1. The molecule has 11 heteroatoms. The van der Waals surface area contributed by atoms with Gasteiger partial charge in [-0.25, -0.2) is 9.78 Å². The number of rotatable bonds is 8. The average Bonchev–Trinajstić information content (AvgIpc) is 3.47. The second-order valence-corrected chi connectivity index (χ2v) is 11.7. The molecule has 1 aromatic heterocycles. The first-order chi connectivity index (χ1) is 17.8. The average molecular weight is 547 g/mol. The molecule has 2 heterocycles. The number of carbonyl (C=O) groups is 3. The Morgan fingerprint density at radius 1 is 1.24 bits per heavy atom. The first-order valence-electron chi connectivity index (χ1n) is 12.7. The molecule has 0 saturated carbocycles. The molecule has 3 rings (SSSR count). The summed E-state index contributed by atoms with van der Waals surface area (Å²) in [6.07, 6.45) is -1.37. The number of carbonyl (C=O) groups excluding carboxylic acids is 3. The van der Waals surface area contributed by atoms with Crippen LogP contribution in [0.2, 0.25) is 0 Å². The molecule has 4 N–H and O–H groups in total. The molecule has 0 unspecified atom stereocenters. The predicted molar refractivity (Wildman–Crippen MR) is 144 cm³/mol. The van der Waals surface area contributed by atoms with E-state index in [4.69, 9.17) is 4.74 Å². The van der Waals surface area contributed by atoms with Gasteiger partial charge in [-0.2, -0.15) is 0 Å². The quantitative estimate of drug-likeness (QED) is 0.396. The highest BCUT2D eigenvalue weighted by Crippen LogP contribution is 2.31. The lowest BCUT2D eigenvalue weighted by Gasteiger charge is -2.35. The van der Waals surface area contributed by atoms with E-state index in [1.165, 1.54) is 11.3 Å². The van der Waals surface area contributed by atoms with Gasteiger partial charge in [0.05, 0.1) is 40.9 Å². The minimum atomic E-state index is -1.09. The maximum Gasteiger partial charge on any atom is 0.408 e. The summed E-state index contributed by atoms with van der Waals surface area (Å²) in [5.41, 5.74) is 3.37. The van der Waals surface area contributed by atoms with E-state index in [9.17, 15) is 24.6 Å². The molecule has 1 saturated heterocycles. The van der Waals surface area contributed by atoms with Gasteiger partial charge in [0, 0.05) is 6.54 Å². The zero-order valence-electron chi connectivity index (χ0n) is 22.7. The molecule has 1 aliphatic heterocycles. The number of ether oxygens (including phenoxy) is 1. The van der Waals surface area contributed by atoms with Crippen LogP contribution >= 0.6 is 11.3 Å². The third-order valence-electron chi connectivity index (χ3n) is 6.27. The zero-order chi connectivity index (χ0) is 28.2. The number of β-amino-alcohol motifs (C(OH)–C–C–N with tert-alkyl or cyclic N) is 1. The number of aromatic nitrogens is 1. The molecule has 10 nitrogen and oxygen atoms in total. The molecule has 0 spiro atoms. The monoisotopic (exact) mass is 546 g/mol. The molecule has 0 radical (unpaired) electrons. The van der Waals surface area contributed by atoms with Crippen LogP contribution in [0.1, 0.15) is 58.3 Å². The Hall–Kier alpha value is -2.86. The van der Waals surface area contributed by atoms with Crippen molar-refractivity contribution in [3.8, 4) is 10.4 Å². The number of nitrogens with zero attached hydrogens (tertiary/aromatic N) is 2. The lowest BCUT2D eigenvalue weighted by Crippen LogP contribution is -2.57. The zero-order valence-corrected chi connectivity index (χ0v) is 23.5. The first kappa shape index (κ1) is 29.7. The Bertz CT molecular complexity index is 1130. The number of amides is 3. The lowest BCUT2D eigenvalue weighted by molar-refractivity contribution is -0.152. The van der Waals surface area contributed by atoms with E-state index in [1.807, 2.05) is 19.1 Å². The molecule has 208 valence electrons. The maximum absolute atomic E-state index is 14.0. The summed E-state index contributed by atoms with van der Waals surface area (Å²) < 4.78 is 5.35. The van der Waals surface area contributed by atoms with Crippen molar-refractivity contribution < 1.29 is 29.3 Å². The Labute approximate surface area is 227 Å². The SMILES string of the molecule is Cc1ncsc1-c1ccc([C@H](CO)N(C(=O)[C@@H]2C[C@@H](O)CN2)C(=O)[C@@H](NC(=O)OC(C)(C)C)C(C)C)cc1. The number of alkyl carbamates (subject to hydrolysis) is 1. The molecule has 0 bridgehead atoms. The Morgan fingerprint density at radius 2 is 1.89 bits per heavy atom. The number of thiazole rings is 1. The second-order valence-electron chi connectivity index (χ2n) is 10.9. The van der Waals surface area contributed by atoms with Gasteiger partial charge in [-0.3, -0.25) is 14.5 Å². The van der Waals surface area contributed by atoms with Crippen LogP contribution in [0, 0.1) is 12.8 Å². The minimum absolute atomic E-state index is 0.135. The van der Waals surface area contributed by atoms with Crippen molar-refractivity contribution in [2.75, 3.05) is 13.2 Å². The van der Waals surface area contributed by atoms with Crippen LogP contribution in [0.5, 0.6) is 0 Å². The molecule has 4 atom stereocenters. The molecular formula is C27H38N4O6S. The molecule has 1 fully saturated rings. The number of benzene rings is 1. The van der Waals surface area contributed by atoms with Crippen LogP contribution in [0.25, 0.3) is 10.4 Å². The highest BCUT2D eigenvalue weighted by Gasteiger charge is 2.42. The minimum Gasteiger partial charge on any atom is -0.444 e. The largest absolute Gasteiger partial charge is 0.444 e. The van der Waals surface area contributed by atoms with E-state index < -0.39 is 54.3 Å². The van der Waals surface area contributed by atoms with Crippen molar-refractivity contribution >= 4 is 29.2 Å². The van der Waals surface area contributed by atoms with Gasteiger partial charge in [0.25, 0.3) is 5.91 Å². The van der Waals surface area contributed by atoms with Crippen molar-refractivity contribution in [1.29, 1.82) is 0 Å². The van der Waals surface area contributed by atoms with Crippen molar-refractivity contribution in [2.45, 2.75) is 77.8 Å². The fraction of sp³-hybridized carbons (Fsp3) is 0.556. The number of hydrogen-bond donors (Lipinski definition) is 4. The lowest BCUT2D eigenvalue weighted by atomic mass is 9.97. The van der Waals surface area contributed by atoms with Crippen molar-refractivity contribution in [2.24, 2.45) is 5.92 Å². The third kappa shape index (κ3) is 7.16. The summed E-state index contributed by atoms with van der Waals surface area (Å²) >= 11 is 1.51. The van der Waals surface area contributed by atoms with E-state index in [-0.39, 0.29) is 18.9 Å². The first-order valence-corrected chi connectivity index (χ1v) is 13.6. The van der Waals surface area contributed by atoms with Gasteiger partial charge in [0.15, 0.2) is 0 Å². The van der Waals surface area contributed by atoms with E-state index in [2.05, 4.69) is 15.6 Å². The van der Waals surface area contributed by atoms with E-state index in [1.54, 1.807) is 52.3 Å². The molecule has 38 heavy (non-hydrogen) atoms. The van der Waals surface area contributed by atoms with Gasteiger partial charge in [0.2, 0.25) is 5.91 Å². The second kappa shape index (κ2) is 12.3. The summed E-state index contributed by atoms with van der Waals surface area (Å²) in [5.74, 6) is -1.63. The normalized spacial score (nSPS) is 19.2. The Kier molecular flexibility index (Phi) is 9.64. The summed E-state index contributed by atoms with van der Waals surface area (Å²) in [6, 6.07) is 4.36. The molecular weight excluding hydrogens is 508 g/mol. The summed E-state index contributed by atoms with van der Waals surface area (Å²) in [6.45, 7) is 10.3. The van der Waals surface area contributed by atoms with Crippen LogP contribution in [-0.4, -0.2) is 74.9 Å². The van der Waals surface area contributed by atoms with Gasteiger partial charge < -0.3 is 25.6 Å². The number of imide groups is 1. The summed E-state index contributed by atoms with van der Waals surface area (Å²) in [4.78, 5) is 46.6. The highest BCUT2D eigenvalue weighted by atomic mass is 32.1. The van der Waals surface area contributed by atoms with Gasteiger partial charge in [-0.1, -0.05) is 38.1 Å². The molecule has 3 amide bonds. The van der Waals surface area contributed by atoms with E-state index in [0.717, 1.165) is 21.0 Å². The number of aliphatic hydroxyl groups excluding tert-OH is 2. The number of nitrogens with one attached hydrogen (secondary N) is 2. The highest BCUT2D eigenvalue weighted by molar-refractivity contribution is 7.13. The van der Waals surface area contributed by atoms with Gasteiger partial charge in [-0.15, -0.1) is 11.3 Å². The van der Waals surface area contributed by atoms with E-state index in [0.29, 0.717) is 5.56 Å². The molecule has 1 aromatic carbocycles. The van der Waals surface area contributed by atoms with Crippen LogP contribution in [-0.2, 0) is 14.3 Å². The molecule has 0 aliphatic carbocycles. The van der Waals surface area contributed by atoms with Crippen LogP contribution in [0.3, 0.4) is 0 Å². The van der Waals surface area contributed by atoms with Gasteiger partial charge in [-0.05, 0) is 51.2 Å². The summed E-state index contributed by atoms with van der Waals surface area (Å²) in [5, 5.41) is 26.0. The third-order valence-corrected chi connectivity index (χ3v) is 7.25. The number of aliphatic hydroxyl groups is 2. The Morgan fingerprint density at radius 3 is 2.37 bits per heavy atom. The molecule has 1 aliphatic rings. The van der Waals surface area contributed by atoms with Crippen LogP contribution in [0.15, 0.2) is 29.8 Å². The topological polar surface area (TPSA) is 141 Å². The number of aryl methyl sites for hydroxylation is 1. The fourth-order valence-corrected chi connectivity index (χ4v) is 5.17. The van der Waals surface area contributed by atoms with Crippen molar-refractivity contribution in [3.05, 3.63) is 41.0 Å². The summed E-state index contributed by atoms with van der Waals surface area (Å²) in [7, 11) is 0. The maximum atomic E-state index is 14.0. The fourth-order valence-electron chi connectivity index (χ4n) is 4.36.